The van der Waals surface area contributed by atoms with E-state index in [9.17, 15) is 4.79 Å². The van der Waals surface area contributed by atoms with Crippen molar-refractivity contribution >= 4 is 13.1 Å². The molecule has 0 rings (SSSR count). The molecule has 0 heterocycles. The Balaban J connectivity index is 2.99. The average molecular weight is 112 g/mol. The maximum absolute atomic E-state index is 10.4. The summed E-state index contributed by atoms with van der Waals surface area (Å²) in [5.41, 5.74) is 0. The molecule has 0 bridgehead atoms. The van der Waals surface area contributed by atoms with E-state index in [-0.39, 0.29) is 5.81 Å². The molecule has 0 aliphatic heterocycles. The van der Waals surface area contributed by atoms with Crippen LogP contribution in [0, 0.1) is 0 Å². The number of nitrogens with one attached hydrogen (secondary N) is 1. The minimum Gasteiger partial charge on any atom is -0.365 e. The highest BCUT2D eigenvalue weighted by Gasteiger charge is 1.92. The van der Waals surface area contributed by atoms with Crippen molar-refractivity contribution in [2.24, 2.45) is 0 Å². The first-order valence-electron chi connectivity index (χ1n) is 2.88. The Kier molecular flexibility index (Phi) is 4.42. The molecule has 0 spiro atoms. The summed E-state index contributed by atoms with van der Waals surface area (Å²) in [6, 6.07) is 0. The molecule has 0 saturated carbocycles. The van der Waals surface area contributed by atoms with E-state index in [2.05, 4.69) is 5.32 Å². The van der Waals surface area contributed by atoms with Crippen molar-refractivity contribution in [3.05, 3.63) is 0 Å². The quantitative estimate of drug-likeness (QED) is 0.539. The van der Waals surface area contributed by atoms with E-state index in [1.165, 1.54) is 7.28 Å². The first-order chi connectivity index (χ1) is 3.81. The Morgan fingerprint density at radius 1 is 1.75 bits per heavy atom. The Morgan fingerprint density at radius 3 is 2.75 bits per heavy atom. The maximum atomic E-state index is 10.4. The fourth-order valence-electron chi connectivity index (χ4n) is 0.350. The number of hydrogen-bond acceptors (Lipinski definition) is 1. The molecular weight excluding hydrogens is 101 g/mol. The molecule has 0 fully saturated rings. The van der Waals surface area contributed by atoms with Crippen LogP contribution < -0.4 is 5.32 Å². The molecular formula is C5H11BNO. The van der Waals surface area contributed by atoms with Gasteiger partial charge < -0.3 is 5.32 Å². The van der Waals surface area contributed by atoms with Crippen LogP contribution in [0.25, 0.3) is 0 Å². The highest BCUT2D eigenvalue weighted by Crippen LogP contribution is 1.70. The monoisotopic (exact) mass is 112 g/mol. The molecule has 0 aromatic rings. The average Bonchev–Trinajstić information content (AvgIpc) is 1.83. The molecule has 1 amide bonds. The first-order valence-corrected chi connectivity index (χ1v) is 2.88. The van der Waals surface area contributed by atoms with E-state index >= 15 is 0 Å². The van der Waals surface area contributed by atoms with E-state index in [4.69, 9.17) is 0 Å². The van der Waals surface area contributed by atoms with Gasteiger partial charge in [0.1, 0.15) is 0 Å². The van der Waals surface area contributed by atoms with Crippen molar-refractivity contribution in [3.63, 3.8) is 0 Å². The highest BCUT2D eigenvalue weighted by atomic mass is 16.1. The molecule has 2 nitrogen and oxygen atoms in total. The predicted octanol–water partition coefficient (Wildman–Crippen LogP) is 0.858. The predicted molar refractivity (Wildman–Crippen MR) is 35.3 cm³/mol. The summed E-state index contributed by atoms with van der Waals surface area (Å²) in [6.45, 7) is 4.53. The summed E-state index contributed by atoms with van der Waals surface area (Å²) in [6.07, 6.45) is 1.000. The largest absolute Gasteiger partial charge is 0.365 e. The molecule has 1 radical (unpaired) electrons. The van der Waals surface area contributed by atoms with E-state index in [0.29, 0.717) is 0 Å². The lowest BCUT2D eigenvalue weighted by molar-refractivity contribution is 0.259. The zero-order chi connectivity index (χ0) is 6.41. The van der Waals surface area contributed by atoms with Gasteiger partial charge in [-0.3, -0.25) is 4.79 Å². The van der Waals surface area contributed by atoms with Gasteiger partial charge in [0, 0.05) is 6.54 Å². The summed E-state index contributed by atoms with van der Waals surface area (Å²) < 4.78 is 0. The molecule has 0 aromatic carbocycles. The molecule has 0 saturated heterocycles. The second-order valence-corrected chi connectivity index (χ2v) is 1.58. The van der Waals surface area contributed by atoms with Crippen LogP contribution in [0.2, 0.25) is 6.82 Å². The van der Waals surface area contributed by atoms with E-state index in [1.807, 2.05) is 6.92 Å². The summed E-state index contributed by atoms with van der Waals surface area (Å²) in [7, 11) is 1.52. The Morgan fingerprint density at radius 2 is 2.38 bits per heavy atom. The lowest BCUT2D eigenvalue weighted by Gasteiger charge is -1.96. The van der Waals surface area contributed by atoms with Crippen LogP contribution in [-0.2, 0) is 0 Å². The number of amides is 1. The molecule has 45 valence electrons. The SMILES string of the molecule is C[B]C(=O)NCCC. The van der Waals surface area contributed by atoms with Crippen LogP contribution in [-0.4, -0.2) is 19.6 Å². The van der Waals surface area contributed by atoms with Crippen LogP contribution in [0.15, 0.2) is 0 Å². The Labute approximate surface area is 50.9 Å². The third kappa shape index (κ3) is 3.72. The van der Waals surface area contributed by atoms with Crippen molar-refractivity contribution < 1.29 is 4.79 Å². The third-order valence-corrected chi connectivity index (χ3v) is 0.811. The van der Waals surface area contributed by atoms with Gasteiger partial charge in [0.25, 0.3) is 0 Å². The van der Waals surface area contributed by atoms with Crippen LogP contribution >= 0.6 is 0 Å². The second-order valence-electron chi connectivity index (χ2n) is 1.58. The zero-order valence-corrected chi connectivity index (χ0v) is 5.40. The van der Waals surface area contributed by atoms with Crippen LogP contribution in [0.5, 0.6) is 0 Å². The van der Waals surface area contributed by atoms with Gasteiger partial charge >= 0.3 is 0 Å². The van der Waals surface area contributed by atoms with E-state index in [1.54, 1.807) is 6.82 Å². The summed E-state index contributed by atoms with van der Waals surface area (Å²) in [5.74, 6) is 0.0202. The van der Waals surface area contributed by atoms with Crippen LogP contribution in [0.4, 0.5) is 4.79 Å². The van der Waals surface area contributed by atoms with E-state index < -0.39 is 0 Å². The van der Waals surface area contributed by atoms with Gasteiger partial charge in [0.05, 0.1) is 0 Å². The smallest absolute Gasteiger partial charge is 0.229 e. The van der Waals surface area contributed by atoms with Crippen molar-refractivity contribution in [3.8, 4) is 0 Å². The summed E-state index contributed by atoms with van der Waals surface area (Å²) in [4.78, 5) is 10.4. The highest BCUT2D eigenvalue weighted by molar-refractivity contribution is 6.72. The maximum Gasteiger partial charge on any atom is 0.229 e. The molecule has 0 atom stereocenters. The van der Waals surface area contributed by atoms with Gasteiger partial charge in [-0.2, -0.15) is 0 Å². The Bertz CT molecular complexity index is 74.8. The normalized spacial score (nSPS) is 8.25. The fraction of sp³-hybridized carbons (Fsp3) is 0.800. The molecule has 0 aromatic heterocycles. The minimum atomic E-state index is 0.0202. The Hall–Kier alpha value is -0.465. The summed E-state index contributed by atoms with van der Waals surface area (Å²) in [5, 5.41) is 2.69. The number of carbonyl (C=O) groups excluding carboxylic acids is 1. The van der Waals surface area contributed by atoms with Gasteiger partial charge in [-0.15, -0.1) is 0 Å². The van der Waals surface area contributed by atoms with Gasteiger partial charge in [-0.1, -0.05) is 13.7 Å². The number of hydrogen-bond donors (Lipinski definition) is 1. The van der Waals surface area contributed by atoms with E-state index in [0.717, 1.165) is 13.0 Å². The molecule has 0 aliphatic carbocycles. The van der Waals surface area contributed by atoms with Crippen molar-refractivity contribution in [2.75, 3.05) is 6.54 Å². The third-order valence-electron chi connectivity index (χ3n) is 0.811. The van der Waals surface area contributed by atoms with Gasteiger partial charge in [0.2, 0.25) is 7.28 Å². The minimum absolute atomic E-state index is 0.0202. The molecule has 0 aliphatic rings. The lowest BCUT2D eigenvalue weighted by Crippen LogP contribution is -2.25. The number of carbonyl (C=O) groups is 1. The van der Waals surface area contributed by atoms with Gasteiger partial charge in [-0.05, 0) is 6.42 Å². The van der Waals surface area contributed by atoms with Gasteiger partial charge in [0.15, 0.2) is 5.81 Å². The van der Waals surface area contributed by atoms with Gasteiger partial charge in [-0.25, -0.2) is 0 Å². The second kappa shape index (κ2) is 4.69. The lowest BCUT2D eigenvalue weighted by atomic mass is 9.81. The van der Waals surface area contributed by atoms with Crippen molar-refractivity contribution in [1.29, 1.82) is 0 Å². The number of rotatable bonds is 3. The van der Waals surface area contributed by atoms with Crippen molar-refractivity contribution in [2.45, 2.75) is 20.2 Å². The molecule has 0 unspecified atom stereocenters. The zero-order valence-electron chi connectivity index (χ0n) is 5.40. The van der Waals surface area contributed by atoms with Crippen molar-refractivity contribution in [1.82, 2.24) is 5.32 Å². The molecule has 3 heteroatoms. The fourth-order valence-corrected chi connectivity index (χ4v) is 0.350. The molecule has 1 N–H and O–H groups in total. The topological polar surface area (TPSA) is 29.1 Å². The van der Waals surface area contributed by atoms with Crippen LogP contribution in [0.1, 0.15) is 13.3 Å². The standard InChI is InChI=1S/C5H11BNO/c1-3-4-7-5(8)6-2/h3-4H2,1-2H3,(H,7,8). The summed E-state index contributed by atoms with van der Waals surface area (Å²) >= 11 is 0. The van der Waals surface area contributed by atoms with Crippen LogP contribution in [0.3, 0.4) is 0 Å². The molecule has 8 heavy (non-hydrogen) atoms. The first kappa shape index (κ1) is 7.53.